The maximum Gasteiger partial charge on any atom is 0.341 e. The van der Waals surface area contributed by atoms with Crippen molar-refractivity contribution in [3.63, 3.8) is 0 Å². The minimum atomic E-state index is -3.83. The largest absolute Gasteiger partial charge is 0.449 e. The highest BCUT2D eigenvalue weighted by molar-refractivity contribution is 7.89. The summed E-state index contributed by atoms with van der Waals surface area (Å²) in [7, 11) is -1.23. The van der Waals surface area contributed by atoms with Crippen molar-refractivity contribution in [2.45, 2.75) is 17.9 Å². The number of carbonyl (C=O) groups excluding carboxylic acids is 2. The molecule has 0 aromatic heterocycles. The number of hydrogen-bond donors (Lipinski definition) is 1. The summed E-state index contributed by atoms with van der Waals surface area (Å²) in [4.78, 5) is 22.3. The third kappa shape index (κ3) is 3.76. The number of primary amides is 1. The van der Waals surface area contributed by atoms with Gasteiger partial charge in [0.05, 0.1) is 10.5 Å². The quantitative estimate of drug-likeness (QED) is 0.775. The van der Waals surface area contributed by atoms with Crippen LogP contribution in [0.25, 0.3) is 0 Å². The molecule has 7 nitrogen and oxygen atoms in total. The number of ether oxygens (including phenoxy) is 1. The van der Waals surface area contributed by atoms with Gasteiger partial charge in [-0.25, -0.2) is 21.9 Å². The lowest BCUT2D eigenvalue weighted by Crippen LogP contribution is -2.30. The number of nitrogens with zero attached hydrogens (tertiary/aromatic N) is 1. The molecule has 1 rings (SSSR count). The molecule has 0 spiro atoms. The third-order valence-electron chi connectivity index (χ3n) is 2.62. The smallest absolute Gasteiger partial charge is 0.341 e. The topological polar surface area (TPSA) is 107 Å². The lowest BCUT2D eigenvalue weighted by atomic mass is 10.2. The molecule has 0 heterocycles. The first-order valence-electron chi connectivity index (χ1n) is 5.79. The number of hydrogen-bond acceptors (Lipinski definition) is 5. The molecule has 1 aromatic rings. The molecule has 0 aliphatic rings. The second kappa shape index (κ2) is 6.19. The molecule has 0 aliphatic carbocycles. The van der Waals surface area contributed by atoms with Gasteiger partial charge in [0.1, 0.15) is 5.82 Å². The number of amides is 1. The standard InChI is InChI=1S/C12H15FN2O5S/c1-7(11(14)16)20-12(17)9-6-8(4-5-10(9)13)21(18,19)15(2)3/h4-7H,1-3H3,(H2,14,16). The molecule has 0 saturated carbocycles. The Morgan fingerprint density at radius 3 is 2.38 bits per heavy atom. The van der Waals surface area contributed by atoms with Crippen LogP contribution in [0.5, 0.6) is 0 Å². The number of carbonyl (C=O) groups is 2. The number of rotatable bonds is 5. The summed E-state index contributed by atoms with van der Waals surface area (Å²) in [6.45, 7) is 1.22. The molecule has 0 saturated heterocycles. The van der Waals surface area contributed by atoms with Crippen LogP contribution in [0.4, 0.5) is 4.39 Å². The van der Waals surface area contributed by atoms with E-state index in [0.717, 1.165) is 22.5 Å². The van der Waals surface area contributed by atoms with Gasteiger partial charge >= 0.3 is 5.97 Å². The average Bonchev–Trinajstić information content (AvgIpc) is 2.38. The highest BCUT2D eigenvalue weighted by Gasteiger charge is 2.24. The minimum absolute atomic E-state index is 0.271. The van der Waals surface area contributed by atoms with Gasteiger partial charge in [0.2, 0.25) is 10.0 Å². The van der Waals surface area contributed by atoms with Gasteiger partial charge in [-0.05, 0) is 25.1 Å². The fourth-order valence-corrected chi connectivity index (χ4v) is 2.24. The van der Waals surface area contributed by atoms with Crippen LogP contribution < -0.4 is 5.73 Å². The zero-order valence-electron chi connectivity index (χ0n) is 11.7. The van der Waals surface area contributed by atoms with Crippen LogP contribution in [-0.4, -0.2) is 44.8 Å². The number of sulfonamides is 1. The minimum Gasteiger partial charge on any atom is -0.449 e. The highest BCUT2D eigenvalue weighted by atomic mass is 32.2. The normalized spacial score (nSPS) is 13.0. The summed E-state index contributed by atoms with van der Waals surface area (Å²) in [5.74, 6) is -3.04. The monoisotopic (exact) mass is 318 g/mol. The van der Waals surface area contributed by atoms with Gasteiger partial charge in [-0.1, -0.05) is 0 Å². The predicted octanol–water partition coefficient (Wildman–Crippen LogP) is 0.107. The average molecular weight is 318 g/mol. The number of nitrogens with two attached hydrogens (primary N) is 1. The van der Waals surface area contributed by atoms with E-state index in [-0.39, 0.29) is 4.90 Å². The molecular formula is C12H15FN2O5S. The molecule has 116 valence electrons. The summed E-state index contributed by atoms with van der Waals surface area (Å²) in [6.07, 6.45) is -1.26. The molecule has 2 N–H and O–H groups in total. The molecule has 0 radical (unpaired) electrons. The molecule has 0 fully saturated rings. The highest BCUT2D eigenvalue weighted by Crippen LogP contribution is 2.18. The Morgan fingerprint density at radius 2 is 1.90 bits per heavy atom. The predicted molar refractivity (Wildman–Crippen MR) is 71.3 cm³/mol. The summed E-state index contributed by atoms with van der Waals surface area (Å²) in [6, 6.07) is 2.71. The molecule has 1 atom stereocenters. The molecule has 9 heteroatoms. The van der Waals surface area contributed by atoms with Gasteiger partial charge in [0.15, 0.2) is 6.10 Å². The molecular weight excluding hydrogens is 303 g/mol. The fourth-order valence-electron chi connectivity index (χ4n) is 1.31. The van der Waals surface area contributed by atoms with Crippen molar-refractivity contribution in [2.75, 3.05) is 14.1 Å². The van der Waals surface area contributed by atoms with Crippen molar-refractivity contribution < 1.29 is 27.1 Å². The van der Waals surface area contributed by atoms with E-state index in [2.05, 4.69) is 4.74 Å². The van der Waals surface area contributed by atoms with Gasteiger partial charge in [0.25, 0.3) is 5.91 Å². The lowest BCUT2D eigenvalue weighted by Gasteiger charge is -2.13. The molecule has 1 unspecified atom stereocenters. The van der Waals surface area contributed by atoms with Crippen molar-refractivity contribution in [1.29, 1.82) is 0 Å². The van der Waals surface area contributed by atoms with Gasteiger partial charge in [-0.15, -0.1) is 0 Å². The van der Waals surface area contributed by atoms with Crippen LogP contribution in [0.3, 0.4) is 0 Å². The number of halogens is 1. The zero-order chi connectivity index (χ0) is 16.4. The van der Waals surface area contributed by atoms with Crippen molar-refractivity contribution in [3.05, 3.63) is 29.6 Å². The fraction of sp³-hybridized carbons (Fsp3) is 0.333. The van der Waals surface area contributed by atoms with Crippen molar-refractivity contribution in [1.82, 2.24) is 4.31 Å². The SMILES string of the molecule is CC(OC(=O)c1cc(S(=O)(=O)N(C)C)ccc1F)C(N)=O. The van der Waals surface area contributed by atoms with Gasteiger partial charge in [-0.3, -0.25) is 4.79 Å². The second-order valence-corrected chi connectivity index (χ2v) is 6.53. The maximum absolute atomic E-state index is 13.6. The van der Waals surface area contributed by atoms with Crippen molar-refractivity contribution in [3.8, 4) is 0 Å². The Balaban J connectivity index is 3.20. The molecule has 0 bridgehead atoms. The number of benzene rings is 1. The van der Waals surface area contributed by atoms with E-state index in [1.807, 2.05) is 0 Å². The maximum atomic E-state index is 13.6. The summed E-state index contributed by atoms with van der Waals surface area (Å²) < 4.78 is 43.0. The molecule has 21 heavy (non-hydrogen) atoms. The number of esters is 1. The van der Waals surface area contributed by atoms with E-state index in [1.54, 1.807) is 0 Å². The lowest BCUT2D eigenvalue weighted by molar-refractivity contribution is -0.125. The van der Waals surface area contributed by atoms with E-state index in [9.17, 15) is 22.4 Å². The van der Waals surface area contributed by atoms with E-state index in [4.69, 9.17) is 5.73 Å². The zero-order valence-corrected chi connectivity index (χ0v) is 12.5. The van der Waals surface area contributed by atoms with Crippen LogP contribution in [0.2, 0.25) is 0 Å². The molecule has 0 aliphatic heterocycles. The van der Waals surface area contributed by atoms with Crippen LogP contribution in [0.1, 0.15) is 17.3 Å². The first kappa shape index (κ1) is 17.1. The molecule has 1 amide bonds. The van der Waals surface area contributed by atoms with E-state index < -0.39 is 39.4 Å². The van der Waals surface area contributed by atoms with Gasteiger partial charge in [-0.2, -0.15) is 0 Å². The first-order chi connectivity index (χ1) is 9.57. The third-order valence-corrected chi connectivity index (χ3v) is 4.43. The Hall–Kier alpha value is -2.00. The van der Waals surface area contributed by atoms with Crippen molar-refractivity contribution >= 4 is 21.9 Å². The van der Waals surface area contributed by atoms with Crippen LogP contribution >= 0.6 is 0 Å². The van der Waals surface area contributed by atoms with E-state index >= 15 is 0 Å². The van der Waals surface area contributed by atoms with Crippen molar-refractivity contribution in [2.24, 2.45) is 5.73 Å². The van der Waals surface area contributed by atoms with Crippen LogP contribution in [-0.2, 0) is 19.6 Å². The Bertz CT molecular complexity index is 672. The Kier molecular flexibility index (Phi) is 5.02. The molecule has 1 aromatic carbocycles. The summed E-state index contributed by atoms with van der Waals surface area (Å²) in [5.41, 5.74) is 4.34. The summed E-state index contributed by atoms with van der Waals surface area (Å²) >= 11 is 0. The summed E-state index contributed by atoms with van der Waals surface area (Å²) in [5, 5.41) is 0. The van der Waals surface area contributed by atoms with Crippen LogP contribution in [0.15, 0.2) is 23.1 Å². The Labute approximate surface area is 121 Å². The first-order valence-corrected chi connectivity index (χ1v) is 7.23. The van der Waals surface area contributed by atoms with E-state index in [1.165, 1.54) is 21.0 Å². The van der Waals surface area contributed by atoms with Gasteiger partial charge in [0, 0.05) is 14.1 Å². The van der Waals surface area contributed by atoms with Gasteiger partial charge < -0.3 is 10.5 Å². The van der Waals surface area contributed by atoms with Crippen LogP contribution in [0, 0.1) is 5.82 Å². The van der Waals surface area contributed by atoms with E-state index in [0.29, 0.717) is 0 Å². The second-order valence-electron chi connectivity index (χ2n) is 4.38. The Morgan fingerprint density at radius 1 is 1.33 bits per heavy atom.